The zero-order chi connectivity index (χ0) is 13.3. The Balaban J connectivity index is 2.21. The molecule has 1 aromatic rings. The fourth-order valence-electron chi connectivity index (χ4n) is 2.20. The lowest BCUT2D eigenvalue weighted by Crippen LogP contribution is -2.17. The molecule has 5 heteroatoms. The summed E-state index contributed by atoms with van der Waals surface area (Å²) in [5.41, 5.74) is -1.57. The van der Waals surface area contributed by atoms with Gasteiger partial charge in [0.25, 0.3) is 0 Å². The van der Waals surface area contributed by atoms with Crippen LogP contribution >= 0.6 is 0 Å². The van der Waals surface area contributed by atoms with Gasteiger partial charge in [0.2, 0.25) is 0 Å². The van der Waals surface area contributed by atoms with Crippen molar-refractivity contribution in [3.8, 4) is 0 Å². The van der Waals surface area contributed by atoms with Gasteiger partial charge in [0.1, 0.15) is 5.82 Å². The minimum absolute atomic E-state index is 0.253. The van der Waals surface area contributed by atoms with Crippen LogP contribution in [0.1, 0.15) is 42.9 Å². The van der Waals surface area contributed by atoms with Crippen LogP contribution in [0.25, 0.3) is 0 Å². The summed E-state index contributed by atoms with van der Waals surface area (Å²) >= 11 is 0. The maximum absolute atomic E-state index is 13.7. The summed E-state index contributed by atoms with van der Waals surface area (Å²) < 4.78 is 51.2. The van der Waals surface area contributed by atoms with Crippen molar-refractivity contribution < 1.29 is 22.7 Å². The summed E-state index contributed by atoms with van der Waals surface area (Å²) in [7, 11) is 0. The lowest BCUT2D eigenvalue weighted by Gasteiger charge is -2.28. The molecule has 1 aliphatic rings. The van der Waals surface area contributed by atoms with Crippen molar-refractivity contribution in [1.82, 2.24) is 0 Å². The molecule has 0 amide bonds. The van der Waals surface area contributed by atoms with Crippen LogP contribution in [0, 0.1) is 11.7 Å². The van der Waals surface area contributed by atoms with Gasteiger partial charge in [-0.2, -0.15) is 13.2 Å². The number of halogens is 4. The summed E-state index contributed by atoms with van der Waals surface area (Å²) in [5, 5.41) is 9.82. The lowest BCUT2D eigenvalue weighted by molar-refractivity contribution is -0.140. The largest absolute Gasteiger partial charge is 0.419 e. The maximum atomic E-state index is 13.7. The van der Waals surface area contributed by atoms with E-state index in [4.69, 9.17) is 0 Å². The lowest BCUT2D eigenvalue weighted by atomic mass is 9.80. The first-order chi connectivity index (χ1) is 8.39. The molecule has 1 unspecified atom stereocenters. The van der Waals surface area contributed by atoms with E-state index in [0.717, 1.165) is 25.3 Å². The first-order valence-corrected chi connectivity index (χ1v) is 5.93. The van der Waals surface area contributed by atoms with E-state index in [1.165, 1.54) is 6.07 Å². The predicted molar refractivity (Wildman–Crippen MR) is 58.3 cm³/mol. The maximum Gasteiger partial charge on any atom is 0.419 e. The minimum Gasteiger partial charge on any atom is -0.388 e. The molecule has 0 heterocycles. The third kappa shape index (κ3) is 2.66. The Kier molecular flexibility index (Phi) is 3.61. The molecular formula is C13H14F4O. The van der Waals surface area contributed by atoms with Gasteiger partial charge in [0, 0.05) is 5.56 Å². The van der Waals surface area contributed by atoms with E-state index < -0.39 is 23.7 Å². The van der Waals surface area contributed by atoms with E-state index in [2.05, 4.69) is 0 Å². The fraction of sp³-hybridized carbons (Fsp3) is 0.538. The number of benzene rings is 1. The molecule has 1 atom stereocenters. The summed E-state index contributed by atoms with van der Waals surface area (Å²) in [4.78, 5) is 0. The molecule has 0 spiro atoms. The molecule has 0 radical (unpaired) electrons. The van der Waals surface area contributed by atoms with Gasteiger partial charge >= 0.3 is 6.18 Å². The number of aliphatic hydroxyl groups is 1. The SMILES string of the molecule is OC(CC1CCC1)c1cccc(C(F)(F)F)c1F. The van der Waals surface area contributed by atoms with Crippen LogP contribution in [-0.4, -0.2) is 5.11 Å². The molecular weight excluding hydrogens is 248 g/mol. The standard InChI is InChI=1S/C13H14F4O/c14-12-9(11(18)7-8-3-1-4-8)5-2-6-10(12)13(15,16)17/h2,5-6,8,11,18H,1,3-4,7H2. The third-order valence-electron chi connectivity index (χ3n) is 3.47. The first-order valence-electron chi connectivity index (χ1n) is 5.93. The molecule has 100 valence electrons. The van der Waals surface area contributed by atoms with Crippen molar-refractivity contribution in [1.29, 1.82) is 0 Å². The van der Waals surface area contributed by atoms with Crippen LogP contribution in [0.3, 0.4) is 0 Å². The van der Waals surface area contributed by atoms with Gasteiger partial charge in [0.15, 0.2) is 0 Å². The van der Waals surface area contributed by atoms with Gasteiger partial charge in [0.05, 0.1) is 11.7 Å². The second kappa shape index (κ2) is 4.88. The molecule has 18 heavy (non-hydrogen) atoms. The molecule has 0 aromatic heterocycles. The van der Waals surface area contributed by atoms with E-state index in [1.807, 2.05) is 0 Å². The molecule has 1 nitrogen and oxygen atoms in total. The van der Waals surface area contributed by atoms with Gasteiger partial charge in [-0.25, -0.2) is 4.39 Å². The highest BCUT2D eigenvalue weighted by Gasteiger charge is 2.36. The molecule has 0 aliphatic heterocycles. The van der Waals surface area contributed by atoms with Crippen LogP contribution < -0.4 is 0 Å². The van der Waals surface area contributed by atoms with Gasteiger partial charge < -0.3 is 5.11 Å². The topological polar surface area (TPSA) is 20.2 Å². The average Bonchev–Trinajstić information content (AvgIpc) is 2.21. The van der Waals surface area contributed by atoms with Crippen LogP contribution in [0.5, 0.6) is 0 Å². The van der Waals surface area contributed by atoms with Crippen molar-refractivity contribution in [2.45, 2.75) is 38.0 Å². The van der Waals surface area contributed by atoms with E-state index >= 15 is 0 Å². The molecule has 1 aromatic carbocycles. The minimum atomic E-state index is -4.73. The number of hydrogen-bond acceptors (Lipinski definition) is 1. The van der Waals surface area contributed by atoms with Gasteiger partial charge in [-0.15, -0.1) is 0 Å². The Bertz CT molecular complexity index is 423. The molecule has 1 saturated carbocycles. The van der Waals surface area contributed by atoms with Crippen LogP contribution in [0.4, 0.5) is 17.6 Å². The summed E-state index contributed by atoms with van der Waals surface area (Å²) in [6, 6.07) is 3.04. The fourth-order valence-corrected chi connectivity index (χ4v) is 2.20. The molecule has 1 fully saturated rings. The van der Waals surface area contributed by atoms with Gasteiger partial charge in [-0.1, -0.05) is 31.4 Å². The Hall–Kier alpha value is -1.10. The number of rotatable bonds is 3. The number of aliphatic hydroxyl groups excluding tert-OH is 1. The predicted octanol–water partition coefficient (Wildman–Crippen LogP) is 4.07. The second-order valence-corrected chi connectivity index (χ2v) is 4.75. The Morgan fingerprint density at radius 2 is 1.94 bits per heavy atom. The zero-order valence-electron chi connectivity index (χ0n) is 9.67. The second-order valence-electron chi connectivity index (χ2n) is 4.75. The first kappa shape index (κ1) is 13.3. The average molecular weight is 262 g/mol. The van der Waals surface area contributed by atoms with Crippen LogP contribution in [0.15, 0.2) is 18.2 Å². The molecule has 0 bridgehead atoms. The highest BCUT2D eigenvalue weighted by atomic mass is 19.4. The van der Waals surface area contributed by atoms with Gasteiger partial charge in [-0.05, 0) is 18.4 Å². The number of alkyl halides is 3. The smallest absolute Gasteiger partial charge is 0.388 e. The number of hydrogen-bond donors (Lipinski definition) is 1. The summed E-state index contributed by atoms with van der Waals surface area (Å²) in [6.07, 6.45) is -2.57. The van der Waals surface area contributed by atoms with E-state index in [9.17, 15) is 22.7 Å². The van der Waals surface area contributed by atoms with E-state index in [-0.39, 0.29) is 5.56 Å². The highest BCUT2D eigenvalue weighted by Crippen LogP contribution is 2.38. The highest BCUT2D eigenvalue weighted by molar-refractivity contribution is 5.29. The van der Waals surface area contributed by atoms with Crippen molar-refractivity contribution in [3.05, 3.63) is 35.1 Å². The summed E-state index contributed by atoms with van der Waals surface area (Å²) in [6.45, 7) is 0. The monoisotopic (exact) mass is 262 g/mol. The van der Waals surface area contributed by atoms with Crippen molar-refractivity contribution in [2.24, 2.45) is 5.92 Å². The molecule has 0 saturated heterocycles. The van der Waals surface area contributed by atoms with Crippen molar-refractivity contribution in [2.75, 3.05) is 0 Å². The molecule has 2 rings (SSSR count). The van der Waals surface area contributed by atoms with E-state index in [1.54, 1.807) is 0 Å². The van der Waals surface area contributed by atoms with Gasteiger partial charge in [-0.3, -0.25) is 0 Å². The van der Waals surface area contributed by atoms with E-state index in [0.29, 0.717) is 18.4 Å². The van der Waals surface area contributed by atoms with Crippen LogP contribution in [0.2, 0.25) is 0 Å². The molecule has 1 aliphatic carbocycles. The van der Waals surface area contributed by atoms with Crippen molar-refractivity contribution in [3.63, 3.8) is 0 Å². The molecule has 1 N–H and O–H groups in total. The third-order valence-corrected chi connectivity index (χ3v) is 3.47. The Morgan fingerprint density at radius 1 is 1.28 bits per heavy atom. The normalized spacial score (nSPS) is 18.5. The van der Waals surface area contributed by atoms with Crippen molar-refractivity contribution >= 4 is 0 Å². The quantitative estimate of drug-likeness (QED) is 0.814. The Morgan fingerprint density at radius 3 is 2.44 bits per heavy atom. The van der Waals surface area contributed by atoms with Crippen LogP contribution in [-0.2, 0) is 6.18 Å². The summed E-state index contributed by atoms with van der Waals surface area (Å²) in [5.74, 6) is -1.05. The zero-order valence-corrected chi connectivity index (χ0v) is 9.67. The Labute approximate surface area is 102 Å².